The van der Waals surface area contributed by atoms with E-state index in [1.165, 1.54) is 22.7 Å². The molecule has 2 heterocycles. The maximum absolute atomic E-state index is 11.6. The first-order valence-corrected chi connectivity index (χ1v) is 6.34. The summed E-state index contributed by atoms with van der Waals surface area (Å²) >= 11 is 8.68. The predicted octanol–water partition coefficient (Wildman–Crippen LogP) is 4.36. The molecule has 15 heavy (non-hydrogen) atoms. The van der Waals surface area contributed by atoms with E-state index >= 15 is 0 Å². The standard InChI is InChI=1S/C11H7ClOS2/c12-11-6-4-8(15-11)3-5-9(13)10-2-1-7-14-10/h1-7H/b5-3+. The van der Waals surface area contributed by atoms with Crippen LogP contribution in [-0.4, -0.2) is 5.78 Å². The van der Waals surface area contributed by atoms with Crippen molar-refractivity contribution >= 4 is 46.1 Å². The topological polar surface area (TPSA) is 17.1 Å². The van der Waals surface area contributed by atoms with E-state index in [1.807, 2.05) is 29.6 Å². The van der Waals surface area contributed by atoms with Crippen LogP contribution >= 0.6 is 34.3 Å². The Hall–Kier alpha value is -0.900. The SMILES string of the molecule is O=C(/C=C/c1ccc(Cl)s1)c1cccs1. The highest BCUT2D eigenvalue weighted by Gasteiger charge is 2.01. The molecule has 2 aromatic rings. The average molecular weight is 255 g/mol. The van der Waals surface area contributed by atoms with Gasteiger partial charge in [0.25, 0.3) is 0 Å². The van der Waals surface area contributed by atoms with Crippen molar-refractivity contribution in [3.8, 4) is 0 Å². The van der Waals surface area contributed by atoms with Crippen LogP contribution < -0.4 is 0 Å². The van der Waals surface area contributed by atoms with Crippen molar-refractivity contribution in [2.75, 3.05) is 0 Å². The first kappa shape index (κ1) is 10.6. The molecular formula is C11H7ClOS2. The summed E-state index contributed by atoms with van der Waals surface area (Å²) in [5, 5.41) is 1.89. The number of carbonyl (C=O) groups excluding carboxylic acids is 1. The number of hydrogen-bond acceptors (Lipinski definition) is 3. The van der Waals surface area contributed by atoms with E-state index in [9.17, 15) is 4.79 Å². The van der Waals surface area contributed by atoms with Crippen LogP contribution in [0.1, 0.15) is 14.5 Å². The van der Waals surface area contributed by atoms with Gasteiger partial charge in [-0.05, 0) is 35.7 Å². The Bertz CT molecular complexity index is 482. The van der Waals surface area contributed by atoms with Gasteiger partial charge in [-0.15, -0.1) is 22.7 Å². The zero-order valence-electron chi connectivity index (χ0n) is 7.64. The zero-order valence-corrected chi connectivity index (χ0v) is 10.0. The minimum absolute atomic E-state index is 0.0366. The molecule has 2 aromatic heterocycles. The second kappa shape index (κ2) is 4.75. The van der Waals surface area contributed by atoms with E-state index in [0.717, 1.165) is 14.1 Å². The quantitative estimate of drug-likeness (QED) is 0.588. The lowest BCUT2D eigenvalue weighted by atomic mass is 10.3. The smallest absolute Gasteiger partial charge is 0.195 e. The maximum atomic E-state index is 11.6. The molecule has 0 amide bonds. The number of hydrogen-bond donors (Lipinski definition) is 0. The fourth-order valence-electron chi connectivity index (χ4n) is 1.08. The van der Waals surface area contributed by atoms with Crippen LogP contribution in [0.2, 0.25) is 4.34 Å². The molecular weight excluding hydrogens is 248 g/mol. The summed E-state index contributed by atoms with van der Waals surface area (Å²) in [4.78, 5) is 13.3. The highest BCUT2D eigenvalue weighted by Crippen LogP contribution is 2.22. The van der Waals surface area contributed by atoms with E-state index < -0.39 is 0 Å². The van der Waals surface area contributed by atoms with E-state index in [2.05, 4.69) is 0 Å². The van der Waals surface area contributed by atoms with Gasteiger partial charge in [0.15, 0.2) is 5.78 Å². The molecule has 0 fully saturated rings. The number of carbonyl (C=O) groups is 1. The average Bonchev–Trinajstić information content (AvgIpc) is 2.84. The highest BCUT2D eigenvalue weighted by atomic mass is 35.5. The number of thiophene rings is 2. The number of rotatable bonds is 3. The van der Waals surface area contributed by atoms with Gasteiger partial charge in [-0.2, -0.15) is 0 Å². The summed E-state index contributed by atoms with van der Waals surface area (Å²) in [5.74, 6) is 0.0366. The van der Waals surface area contributed by atoms with Crippen LogP contribution in [0.3, 0.4) is 0 Å². The second-order valence-electron chi connectivity index (χ2n) is 2.82. The van der Waals surface area contributed by atoms with Crippen molar-refractivity contribution < 1.29 is 4.79 Å². The summed E-state index contributed by atoms with van der Waals surface area (Å²) in [6.07, 6.45) is 3.37. The summed E-state index contributed by atoms with van der Waals surface area (Å²) in [5.41, 5.74) is 0. The maximum Gasteiger partial charge on any atom is 0.195 e. The minimum Gasteiger partial charge on any atom is -0.288 e. The van der Waals surface area contributed by atoms with Gasteiger partial charge < -0.3 is 0 Å². The first-order valence-electron chi connectivity index (χ1n) is 4.27. The van der Waals surface area contributed by atoms with Crippen molar-refractivity contribution in [1.82, 2.24) is 0 Å². The van der Waals surface area contributed by atoms with Gasteiger partial charge in [0.05, 0.1) is 9.21 Å². The van der Waals surface area contributed by atoms with Crippen molar-refractivity contribution in [3.05, 3.63) is 49.8 Å². The Morgan fingerprint density at radius 3 is 2.80 bits per heavy atom. The van der Waals surface area contributed by atoms with Gasteiger partial charge >= 0.3 is 0 Å². The third-order valence-electron chi connectivity index (χ3n) is 1.76. The van der Waals surface area contributed by atoms with E-state index in [0.29, 0.717) is 0 Å². The largest absolute Gasteiger partial charge is 0.288 e. The van der Waals surface area contributed by atoms with Crippen LogP contribution in [0, 0.1) is 0 Å². The van der Waals surface area contributed by atoms with Gasteiger partial charge in [0.2, 0.25) is 0 Å². The van der Waals surface area contributed by atoms with Crippen molar-refractivity contribution in [3.63, 3.8) is 0 Å². The molecule has 2 rings (SSSR count). The number of halogens is 1. The molecule has 0 aliphatic rings. The van der Waals surface area contributed by atoms with Gasteiger partial charge in [0.1, 0.15) is 0 Å². The molecule has 0 aromatic carbocycles. The van der Waals surface area contributed by atoms with E-state index in [4.69, 9.17) is 11.6 Å². The van der Waals surface area contributed by atoms with Gasteiger partial charge in [0, 0.05) is 4.88 Å². The summed E-state index contributed by atoms with van der Waals surface area (Å²) in [7, 11) is 0. The minimum atomic E-state index is 0.0366. The van der Waals surface area contributed by atoms with Gasteiger partial charge in [-0.25, -0.2) is 0 Å². The van der Waals surface area contributed by atoms with Gasteiger partial charge in [-0.1, -0.05) is 17.7 Å². The van der Waals surface area contributed by atoms with E-state index in [1.54, 1.807) is 12.2 Å². The molecule has 0 atom stereocenters. The molecule has 0 aliphatic carbocycles. The lowest BCUT2D eigenvalue weighted by Crippen LogP contribution is -1.87. The van der Waals surface area contributed by atoms with Crippen LogP contribution in [0.25, 0.3) is 6.08 Å². The molecule has 76 valence electrons. The normalized spacial score (nSPS) is 11.0. The lowest BCUT2D eigenvalue weighted by Gasteiger charge is -1.86. The Balaban J connectivity index is 2.09. The van der Waals surface area contributed by atoms with Crippen LogP contribution in [-0.2, 0) is 0 Å². The second-order valence-corrected chi connectivity index (χ2v) is 5.51. The molecule has 0 radical (unpaired) electrons. The van der Waals surface area contributed by atoms with Crippen LogP contribution in [0.4, 0.5) is 0 Å². The third-order valence-corrected chi connectivity index (χ3v) is 3.84. The summed E-state index contributed by atoms with van der Waals surface area (Å²) in [6.45, 7) is 0. The number of allylic oxidation sites excluding steroid dienone is 1. The molecule has 0 bridgehead atoms. The fraction of sp³-hybridized carbons (Fsp3) is 0. The first-order chi connectivity index (χ1) is 7.25. The van der Waals surface area contributed by atoms with Gasteiger partial charge in [-0.3, -0.25) is 4.79 Å². The van der Waals surface area contributed by atoms with Crippen LogP contribution in [0.5, 0.6) is 0 Å². The Morgan fingerprint density at radius 2 is 2.20 bits per heavy atom. The molecule has 0 spiro atoms. The zero-order chi connectivity index (χ0) is 10.7. The molecule has 4 heteroatoms. The molecule has 1 nitrogen and oxygen atoms in total. The van der Waals surface area contributed by atoms with E-state index in [-0.39, 0.29) is 5.78 Å². The van der Waals surface area contributed by atoms with Crippen molar-refractivity contribution in [2.45, 2.75) is 0 Å². The number of ketones is 1. The summed E-state index contributed by atoms with van der Waals surface area (Å²) in [6, 6.07) is 7.40. The Kier molecular flexibility index (Phi) is 3.36. The molecule has 0 aliphatic heterocycles. The molecule has 0 saturated carbocycles. The molecule has 0 saturated heterocycles. The molecule has 0 N–H and O–H groups in total. The predicted molar refractivity (Wildman–Crippen MR) is 67.0 cm³/mol. The fourth-order valence-corrected chi connectivity index (χ4v) is 2.69. The van der Waals surface area contributed by atoms with Crippen LogP contribution in [0.15, 0.2) is 35.7 Å². The monoisotopic (exact) mass is 254 g/mol. The van der Waals surface area contributed by atoms with Crippen molar-refractivity contribution in [1.29, 1.82) is 0 Å². The highest BCUT2D eigenvalue weighted by molar-refractivity contribution is 7.17. The third kappa shape index (κ3) is 2.78. The Morgan fingerprint density at radius 1 is 1.33 bits per heavy atom. The Labute approximate surface area is 101 Å². The van der Waals surface area contributed by atoms with Crippen molar-refractivity contribution in [2.24, 2.45) is 0 Å². The molecule has 0 unspecified atom stereocenters. The summed E-state index contributed by atoms with van der Waals surface area (Å²) < 4.78 is 0.734. The lowest BCUT2D eigenvalue weighted by molar-refractivity contribution is 0.105.